The average molecular weight is 497 g/mol. The van der Waals surface area contributed by atoms with E-state index in [-0.39, 0.29) is 17.6 Å². The molecule has 0 aliphatic carbocycles. The molecule has 6 nitrogen and oxygen atoms in total. The van der Waals surface area contributed by atoms with E-state index in [4.69, 9.17) is 4.74 Å². The topological polar surface area (TPSA) is 63.1 Å². The second-order valence-corrected chi connectivity index (χ2v) is 9.89. The fourth-order valence-corrected chi connectivity index (χ4v) is 4.94. The zero-order valence-electron chi connectivity index (χ0n) is 21.3. The molecule has 2 aliphatic rings. The average Bonchev–Trinajstić information content (AvgIpc) is 3.44. The van der Waals surface area contributed by atoms with Crippen molar-refractivity contribution >= 4 is 23.6 Å². The van der Waals surface area contributed by atoms with E-state index in [9.17, 15) is 9.59 Å². The summed E-state index contributed by atoms with van der Waals surface area (Å²) in [4.78, 5) is 29.4. The molecule has 5 rings (SSSR count). The maximum Gasteiger partial charge on any atom is 0.294 e. The number of hydrogen-bond donors (Lipinski definition) is 2. The number of benzene rings is 3. The van der Waals surface area contributed by atoms with Gasteiger partial charge in [0.15, 0.2) is 11.5 Å². The summed E-state index contributed by atoms with van der Waals surface area (Å²) in [6, 6.07) is 23.0. The monoisotopic (exact) mass is 496 g/mol. The lowest BCUT2D eigenvalue weighted by Gasteiger charge is -2.30. The maximum atomic E-state index is 13.4. The molecule has 2 heterocycles. The quantitative estimate of drug-likeness (QED) is 0.369. The first kappa shape index (κ1) is 24.8. The molecule has 3 aromatic carbocycles. The Kier molecular flexibility index (Phi) is 7.66. The summed E-state index contributed by atoms with van der Waals surface area (Å²) in [5, 5.41) is 3.02. The van der Waals surface area contributed by atoms with Gasteiger partial charge in [0.05, 0.1) is 31.9 Å². The number of hydrogen-bond acceptors (Lipinski definition) is 3. The normalized spacial score (nSPS) is 16.5. The van der Waals surface area contributed by atoms with Crippen LogP contribution in [-0.4, -0.2) is 38.0 Å². The third-order valence-electron chi connectivity index (χ3n) is 7.07. The number of aryl methyl sites for hydroxylation is 1. The number of para-hydroxylation sites is 2. The Balaban J connectivity index is 1.26. The highest BCUT2D eigenvalue weighted by Crippen LogP contribution is 2.36. The van der Waals surface area contributed by atoms with Crippen LogP contribution < -0.4 is 19.9 Å². The molecule has 3 aromatic rings. The smallest absolute Gasteiger partial charge is 0.294 e. The first-order valence-electron chi connectivity index (χ1n) is 13.1. The van der Waals surface area contributed by atoms with E-state index < -0.39 is 0 Å². The number of nitrogens with one attached hydrogen (secondary N) is 2. The van der Waals surface area contributed by atoms with Crippen LogP contribution in [0.1, 0.15) is 46.3 Å². The molecule has 1 fully saturated rings. The number of carbonyl (C=O) groups excluding carboxylic acids is 2. The second kappa shape index (κ2) is 11.4. The number of likely N-dealkylation sites (tertiary alicyclic amines) is 1. The van der Waals surface area contributed by atoms with E-state index in [1.807, 2.05) is 55.5 Å². The molecule has 1 saturated heterocycles. The molecule has 0 aromatic heterocycles. The highest BCUT2D eigenvalue weighted by atomic mass is 16.5. The molecule has 0 atom stereocenters. The molecule has 0 saturated carbocycles. The third-order valence-corrected chi connectivity index (χ3v) is 7.07. The van der Waals surface area contributed by atoms with Crippen molar-refractivity contribution in [1.82, 2.24) is 5.32 Å². The molecule has 0 bridgehead atoms. The number of amides is 2. The van der Waals surface area contributed by atoms with Gasteiger partial charge in [-0.2, -0.15) is 0 Å². The summed E-state index contributed by atoms with van der Waals surface area (Å²) in [7, 11) is 0. The molecule has 37 heavy (non-hydrogen) atoms. The molecular weight excluding hydrogens is 462 g/mol. The van der Waals surface area contributed by atoms with Gasteiger partial charge in [0.1, 0.15) is 0 Å². The van der Waals surface area contributed by atoms with E-state index in [2.05, 4.69) is 17.4 Å². The zero-order chi connectivity index (χ0) is 25.6. The first-order valence-corrected chi connectivity index (χ1v) is 13.1. The maximum absolute atomic E-state index is 13.4. The molecule has 0 spiro atoms. The molecule has 6 heteroatoms. The van der Waals surface area contributed by atoms with Crippen LogP contribution in [0.25, 0.3) is 6.08 Å². The first-order chi connectivity index (χ1) is 18.1. The lowest BCUT2D eigenvalue weighted by Crippen LogP contribution is -3.10. The van der Waals surface area contributed by atoms with E-state index in [0.717, 1.165) is 29.8 Å². The summed E-state index contributed by atoms with van der Waals surface area (Å²) in [6.45, 7) is 6.82. The van der Waals surface area contributed by atoms with Crippen molar-refractivity contribution in [2.75, 3.05) is 31.1 Å². The van der Waals surface area contributed by atoms with Gasteiger partial charge in [-0.3, -0.25) is 14.5 Å². The Labute approximate surface area is 218 Å². The van der Waals surface area contributed by atoms with Crippen LogP contribution >= 0.6 is 0 Å². The Morgan fingerprint density at radius 1 is 1.00 bits per heavy atom. The molecule has 2 aliphatic heterocycles. The number of rotatable bonds is 8. The minimum absolute atomic E-state index is 0.0705. The largest absolute Gasteiger partial charge is 0.449 e. The predicted molar refractivity (Wildman–Crippen MR) is 146 cm³/mol. The van der Waals surface area contributed by atoms with E-state index in [1.165, 1.54) is 31.5 Å². The number of anilines is 1. The van der Waals surface area contributed by atoms with Crippen LogP contribution in [0.5, 0.6) is 5.75 Å². The SMILES string of the molecule is Cc1ccc(CN2C(=O)C(=Cc3ccc(C(=O)NCCC[NH+]4CCCC4)cc3)Oc3ccccc32)cc1. The van der Waals surface area contributed by atoms with E-state index in [0.29, 0.717) is 24.4 Å². The number of ether oxygens (including phenoxy) is 1. The van der Waals surface area contributed by atoms with Gasteiger partial charge in [0.25, 0.3) is 11.8 Å². The van der Waals surface area contributed by atoms with Crippen molar-refractivity contribution in [3.8, 4) is 5.75 Å². The van der Waals surface area contributed by atoms with Gasteiger partial charge in [-0.1, -0.05) is 54.1 Å². The van der Waals surface area contributed by atoms with Crippen LogP contribution in [0, 0.1) is 6.92 Å². The van der Waals surface area contributed by atoms with Crippen molar-refractivity contribution in [3.63, 3.8) is 0 Å². The van der Waals surface area contributed by atoms with Gasteiger partial charge in [-0.15, -0.1) is 0 Å². The highest BCUT2D eigenvalue weighted by Gasteiger charge is 2.30. The third kappa shape index (κ3) is 6.09. The van der Waals surface area contributed by atoms with Gasteiger partial charge in [0.2, 0.25) is 0 Å². The van der Waals surface area contributed by atoms with Crippen molar-refractivity contribution < 1.29 is 19.2 Å². The van der Waals surface area contributed by atoms with Gasteiger partial charge in [0, 0.05) is 31.4 Å². The van der Waals surface area contributed by atoms with E-state index in [1.54, 1.807) is 28.0 Å². The molecule has 0 unspecified atom stereocenters. The van der Waals surface area contributed by atoms with Crippen LogP contribution in [0.3, 0.4) is 0 Å². The Morgan fingerprint density at radius 3 is 2.49 bits per heavy atom. The number of fused-ring (bicyclic) bond motifs is 1. The Morgan fingerprint density at radius 2 is 1.73 bits per heavy atom. The number of nitrogens with zero attached hydrogens (tertiary/aromatic N) is 1. The van der Waals surface area contributed by atoms with Gasteiger partial charge in [-0.25, -0.2) is 0 Å². The summed E-state index contributed by atoms with van der Waals surface area (Å²) >= 11 is 0. The lowest BCUT2D eigenvalue weighted by atomic mass is 10.1. The van der Waals surface area contributed by atoms with Crippen LogP contribution in [0.2, 0.25) is 0 Å². The summed E-state index contributed by atoms with van der Waals surface area (Å²) in [5.41, 5.74) is 4.39. The van der Waals surface area contributed by atoms with Crippen molar-refractivity contribution in [3.05, 3.63) is 101 Å². The van der Waals surface area contributed by atoms with Crippen LogP contribution in [-0.2, 0) is 11.3 Å². The number of quaternary nitrogens is 1. The van der Waals surface area contributed by atoms with Gasteiger partial charge in [-0.05, 0) is 48.4 Å². The number of carbonyl (C=O) groups is 2. The fraction of sp³-hybridized carbons (Fsp3) is 0.290. The summed E-state index contributed by atoms with van der Waals surface area (Å²) < 4.78 is 6.01. The molecular formula is C31H34N3O3+. The predicted octanol–water partition coefficient (Wildman–Crippen LogP) is 3.76. The van der Waals surface area contributed by atoms with Gasteiger partial charge >= 0.3 is 0 Å². The molecule has 2 N–H and O–H groups in total. The van der Waals surface area contributed by atoms with Gasteiger partial charge < -0.3 is 15.0 Å². The Bertz CT molecular complexity index is 1280. The molecule has 0 radical (unpaired) electrons. The molecule has 190 valence electrons. The minimum Gasteiger partial charge on any atom is -0.449 e. The second-order valence-electron chi connectivity index (χ2n) is 9.89. The lowest BCUT2D eigenvalue weighted by molar-refractivity contribution is -0.887. The zero-order valence-corrected chi connectivity index (χ0v) is 21.3. The fourth-order valence-electron chi connectivity index (χ4n) is 4.94. The molecule has 2 amide bonds. The summed E-state index contributed by atoms with van der Waals surface area (Å²) in [6.07, 6.45) is 5.36. The standard InChI is InChI=1S/C31H33N3O3/c1-23-9-11-25(12-10-23)22-34-27-7-2-3-8-28(27)37-29(31(34)36)21-24-13-15-26(16-14-24)30(35)32-17-6-20-33-18-4-5-19-33/h2-3,7-16,21H,4-6,17-20,22H2,1H3,(H,32,35)/p+1. The van der Waals surface area contributed by atoms with Crippen LogP contribution in [0.15, 0.2) is 78.6 Å². The van der Waals surface area contributed by atoms with Crippen molar-refractivity contribution in [2.45, 2.75) is 32.7 Å². The van der Waals surface area contributed by atoms with Crippen molar-refractivity contribution in [1.29, 1.82) is 0 Å². The Hall–Kier alpha value is -3.90. The van der Waals surface area contributed by atoms with Crippen molar-refractivity contribution in [2.24, 2.45) is 0 Å². The minimum atomic E-state index is -0.193. The summed E-state index contributed by atoms with van der Waals surface area (Å²) in [5.74, 6) is 0.639. The highest BCUT2D eigenvalue weighted by molar-refractivity contribution is 6.09. The van der Waals surface area contributed by atoms with E-state index >= 15 is 0 Å². The van der Waals surface area contributed by atoms with Crippen LogP contribution in [0.4, 0.5) is 5.69 Å².